The van der Waals surface area contributed by atoms with E-state index in [1.54, 1.807) is 0 Å². The van der Waals surface area contributed by atoms with Gasteiger partial charge in [0.2, 0.25) is 0 Å². The molecule has 1 aliphatic carbocycles. The molecule has 1 saturated carbocycles. The lowest BCUT2D eigenvalue weighted by atomic mass is 9.91. The van der Waals surface area contributed by atoms with Crippen LogP contribution in [0.4, 0.5) is 0 Å². The molecule has 1 nitrogen and oxygen atoms in total. The summed E-state index contributed by atoms with van der Waals surface area (Å²) in [5, 5.41) is 5.02. The SMILES string of the molecule is CCCCC[N]C(CCC(C)C)C1CCCC1. The van der Waals surface area contributed by atoms with Crippen molar-refractivity contribution in [3.8, 4) is 0 Å². The fourth-order valence-electron chi connectivity index (χ4n) is 2.94. The molecule has 1 unspecified atom stereocenters. The lowest BCUT2D eigenvalue weighted by Gasteiger charge is -2.24. The summed E-state index contributed by atoms with van der Waals surface area (Å²) in [5.74, 6) is 1.76. The van der Waals surface area contributed by atoms with Crippen LogP contribution >= 0.6 is 0 Å². The van der Waals surface area contributed by atoms with Gasteiger partial charge in [-0.25, -0.2) is 5.32 Å². The van der Waals surface area contributed by atoms with Gasteiger partial charge >= 0.3 is 0 Å². The van der Waals surface area contributed by atoms with Crippen LogP contribution in [0.5, 0.6) is 0 Å². The van der Waals surface area contributed by atoms with Crippen LogP contribution < -0.4 is 5.32 Å². The molecular formula is C16H32N. The van der Waals surface area contributed by atoms with E-state index in [1.165, 1.54) is 57.8 Å². The van der Waals surface area contributed by atoms with Crippen LogP contribution in [0.1, 0.15) is 78.6 Å². The highest BCUT2D eigenvalue weighted by Gasteiger charge is 2.25. The smallest absolute Gasteiger partial charge is 0.0274 e. The van der Waals surface area contributed by atoms with E-state index in [2.05, 4.69) is 20.8 Å². The summed E-state index contributed by atoms with van der Waals surface area (Å²) < 4.78 is 0. The van der Waals surface area contributed by atoms with Gasteiger partial charge in [0.05, 0.1) is 0 Å². The Hall–Kier alpha value is -0.0400. The normalized spacial score (nSPS) is 19.1. The highest BCUT2D eigenvalue weighted by atomic mass is 14.9. The van der Waals surface area contributed by atoms with Crippen molar-refractivity contribution < 1.29 is 0 Å². The molecule has 0 N–H and O–H groups in total. The first-order valence-corrected chi connectivity index (χ1v) is 7.90. The maximum Gasteiger partial charge on any atom is 0.0274 e. The van der Waals surface area contributed by atoms with Crippen molar-refractivity contribution in [3.05, 3.63) is 0 Å². The highest BCUT2D eigenvalue weighted by molar-refractivity contribution is 4.80. The first kappa shape index (κ1) is 15.0. The summed E-state index contributed by atoms with van der Waals surface area (Å²) in [6, 6.07) is 0.691. The summed E-state index contributed by atoms with van der Waals surface area (Å²) >= 11 is 0. The summed E-state index contributed by atoms with van der Waals surface area (Å²) in [7, 11) is 0. The molecule has 0 aromatic heterocycles. The zero-order valence-corrected chi connectivity index (χ0v) is 12.3. The minimum absolute atomic E-state index is 0.691. The average molecular weight is 238 g/mol. The summed E-state index contributed by atoms with van der Waals surface area (Å²) in [4.78, 5) is 0. The fraction of sp³-hybridized carbons (Fsp3) is 1.00. The Bertz CT molecular complexity index is 170. The van der Waals surface area contributed by atoms with Crippen LogP contribution in [0.15, 0.2) is 0 Å². The Labute approximate surface area is 109 Å². The molecule has 0 spiro atoms. The molecule has 1 rings (SSSR count). The van der Waals surface area contributed by atoms with E-state index in [0.29, 0.717) is 6.04 Å². The number of unbranched alkanes of at least 4 members (excludes halogenated alkanes) is 2. The van der Waals surface area contributed by atoms with Gasteiger partial charge in [0.25, 0.3) is 0 Å². The molecule has 0 aromatic rings. The van der Waals surface area contributed by atoms with E-state index in [1.807, 2.05) is 0 Å². The number of nitrogens with zero attached hydrogens (tertiary/aromatic N) is 1. The molecule has 17 heavy (non-hydrogen) atoms. The molecule has 0 bridgehead atoms. The predicted octanol–water partition coefficient (Wildman–Crippen LogP) is 4.78. The molecule has 0 aliphatic heterocycles. The third-order valence-corrected chi connectivity index (χ3v) is 4.11. The summed E-state index contributed by atoms with van der Waals surface area (Å²) in [6.07, 6.45) is 12.5. The monoisotopic (exact) mass is 238 g/mol. The van der Waals surface area contributed by atoms with Gasteiger partial charge in [-0.05, 0) is 43.9 Å². The molecule has 0 saturated heterocycles. The Kier molecular flexibility index (Phi) is 7.92. The Morgan fingerprint density at radius 3 is 2.35 bits per heavy atom. The van der Waals surface area contributed by atoms with Crippen molar-refractivity contribution in [3.63, 3.8) is 0 Å². The van der Waals surface area contributed by atoms with Crippen LogP contribution in [0.3, 0.4) is 0 Å². The van der Waals surface area contributed by atoms with E-state index < -0.39 is 0 Å². The Morgan fingerprint density at radius 2 is 1.76 bits per heavy atom. The number of rotatable bonds is 9. The van der Waals surface area contributed by atoms with Crippen molar-refractivity contribution in [1.82, 2.24) is 5.32 Å². The highest BCUT2D eigenvalue weighted by Crippen LogP contribution is 2.30. The third-order valence-electron chi connectivity index (χ3n) is 4.11. The fourth-order valence-corrected chi connectivity index (χ4v) is 2.94. The van der Waals surface area contributed by atoms with Crippen LogP contribution in [0, 0.1) is 11.8 Å². The molecule has 1 aliphatic rings. The molecule has 0 aromatic carbocycles. The van der Waals surface area contributed by atoms with Gasteiger partial charge in [-0.2, -0.15) is 0 Å². The second-order valence-corrected chi connectivity index (χ2v) is 6.20. The first-order chi connectivity index (χ1) is 8.24. The van der Waals surface area contributed by atoms with Crippen molar-refractivity contribution >= 4 is 0 Å². The van der Waals surface area contributed by atoms with Gasteiger partial charge < -0.3 is 0 Å². The van der Waals surface area contributed by atoms with E-state index in [-0.39, 0.29) is 0 Å². The summed E-state index contributed by atoms with van der Waals surface area (Å²) in [5.41, 5.74) is 0. The maximum atomic E-state index is 5.02. The molecule has 1 fully saturated rings. The molecule has 0 amide bonds. The van der Waals surface area contributed by atoms with Gasteiger partial charge in [-0.15, -0.1) is 0 Å². The standard InChI is InChI=1S/C16H32N/c1-4-5-8-13-17-16(12-11-14(2)3)15-9-6-7-10-15/h14-16H,4-13H2,1-3H3. The van der Waals surface area contributed by atoms with Crippen LogP contribution in [0.25, 0.3) is 0 Å². The lowest BCUT2D eigenvalue weighted by Crippen LogP contribution is -2.30. The lowest BCUT2D eigenvalue weighted by molar-refractivity contribution is 0.313. The van der Waals surface area contributed by atoms with E-state index in [9.17, 15) is 0 Å². The number of hydrogen-bond donors (Lipinski definition) is 0. The van der Waals surface area contributed by atoms with E-state index in [4.69, 9.17) is 5.32 Å². The zero-order valence-electron chi connectivity index (χ0n) is 12.3. The van der Waals surface area contributed by atoms with Gasteiger partial charge in [0, 0.05) is 12.6 Å². The van der Waals surface area contributed by atoms with Gasteiger partial charge in [0.1, 0.15) is 0 Å². The predicted molar refractivity (Wildman–Crippen MR) is 76.3 cm³/mol. The largest absolute Gasteiger partial charge is 0.238 e. The van der Waals surface area contributed by atoms with Crippen molar-refractivity contribution in [1.29, 1.82) is 0 Å². The Balaban J connectivity index is 2.24. The molecule has 0 heterocycles. The molecule has 101 valence electrons. The van der Waals surface area contributed by atoms with Crippen molar-refractivity contribution in [2.45, 2.75) is 84.6 Å². The van der Waals surface area contributed by atoms with Crippen molar-refractivity contribution in [2.24, 2.45) is 11.8 Å². The first-order valence-electron chi connectivity index (χ1n) is 7.90. The maximum absolute atomic E-state index is 5.02. The second kappa shape index (κ2) is 8.97. The topological polar surface area (TPSA) is 14.1 Å². The molecular weight excluding hydrogens is 206 g/mol. The molecule has 1 atom stereocenters. The van der Waals surface area contributed by atoms with Crippen LogP contribution in [0.2, 0.25) is 0 Å². The van der Waals surface area contributed by atoms with E-state index >= 15 is 0 Å². The van der Waals surface area contributed by atoms with Gasteiger partial charge in [-0.1, -0.05) is 46.5 Å². The average Bonchev–Trinajstić information content (AvgIpc) is 2.81. The second-order valence-electron chi connectivity index (χ2n) is 6.20. The molecule has 1 heteroatoms. The van der Waals surface area contributed by atoms with E-state index in [0.717, 1.165) is 18.4 Å². The zero-order chi connectivity index (χ0) is 12.5. The van der Waals surface area contributed by atoms with Gasteiger partial charge in [-0.3, -0.25) is 0 Å². The quantitative estimate of drug-likeness (QED) is 0.513. The molecule has 1 radical (unpaired) electrons. The van der Waals surface area contributed by atoms with Gasteiger partial charge in [0.15, 0.2) is 0 Å². The van der Waals surface area contributed by atoms with Crippen LogP contribution in [-0.4, -0.2) is 12.6 Å². The third kappa shape index (κ3) is 6.45. The number of hydrogen-bond acceptors (Lipinski definition) is 0. The minimum Gasteiger partial charge on any atom is -0.238 e. The van der Waals surface area contributed by atoms with Crippen molar-refractivity contribution in [2.75, 3.05) is 6.54 Å². The Morgan fingerprint density at radius 1 is 1.06 bits per heavy atom. The summed E-state index contributed by atoms with van der Waals surface area (Å²) in [6.45, 7) is 8.06. The van der Waals surface area contributed by atoms with Crippen LogP contribution in [-0.2, 0) is 0 Å². The minimum atomic E-state index is 0.691.